The molecule has 83 heavy (non-hydrogen) atoms. The van der Waals surface area contributed by atoms with Crippen LogP contribution in [0.2, 0.25) is 0 Å². The van der Waals surface area contributed by atoms with Crippen LogP contribution >= 0.6 is 7.82 Å². The number of nitrogens with one attached hydrogen (secondary N) is 1. The molecule has 0 radical (unpaired) electrons. The number of likely N-dealkylation sites (N-methyl/N-ethyl adjacent to an activating group) is 1. The Balaban J connectivity index is 5.00. The van der Waals surface area contributed by atoms with Gasteiger partial charge in [-0.1, -0.05) is 287 Å². The summed E-state index contributed by atoms with van der Waals surface area (Å²) in [6.45, 7) is 6.98. The molecule has 0 saturated carbocycles. The van der Waals surface area contributed by atoms with E-state index in [2.05, 4.69) is 86.8 Å². The normalized spacial score (nSPS) is 14.0. The number of quaternary nitrogens is 1. The molecule has 0 aliphatic heterocycles. The molecule has 1 amide bonds. The summed E-state index contributed by atoms with van der Waals surface area (Å²) in [5.74, 6) is -0.502. The van der Waals surface area contributed by atoms with Crippen LogP contribution in [0.5, 0.6) is 0 Å². The highest BCUT2D eigenvalue weighted by molar-refractivity contribution is 7.47. The number of phosphoric ester groups is 1. The second-order valence-corrected chi connectivity index (χ2v) is 26.5. The molecule has 0 heterocycles. The number of carbonyl (C=O) groups excluding carboxylic acids is 2. The van der Waals surface area contributed by atoms with Gasteiger partial charge in [-0.25, -0.2) is 4.57 Å². The smallest absolute Gasteiger partial charge is 0.456 e. The van der Waals surface area contributed by atoms with Gasteiger partial charge in [0.2, 0.25) is 5.91 Å². The predicted molar refractivity (Wildman–Crippen MR) is 360 cm³/mol. The molecule has 3 atom stereocenters. The largest absolute Gasteiger partial charge is 0.472 e. The first-order valence-electron chi connectivity index (χ1n) is 35.3. The standard InChI is InChI=1S/C73H135N2O7P/c1-7-10-13-16-19-22-25-27-29-31-33-34-35-36-37-38-39-40-42-44-46-48-51-54-57-60-63-66-73(77)82-71(64-61-58-55-52-49-24-21-18-15-12-9-3)70(69-81-83(78,79)80-68-67-75(4,5)6)74-72(76)65-62-59-56-53-50-47-45-43-41-32-30-28-26-23-20-17-14-11-8-2/h19-20,22-23,27-30,33-34,61,64,70-71H,7-18,21,24-26,31-32,35-60,62-63,65-69H2,1-6H3,(H-,74,76,78,79)/p+1/b22-19-,23-20-,29-27-,30-28-,34-33-,64-61-. The quantitative estimate of drug-likeness (QED) is 0.0205. The van der Waals surface area contributed by atoms with Gasteiger partial charge in [0.15, 0.2) is 0 Å². The maximum absolute atomic E-state index is 13.6. The Morgan fingerprint density at radius 3 is 1.12 bits per heavy atom. The molecule has 0 fully saturated rings. The van der Waals surface area contributed by atoms with E-state index in [1.807, 2.05) is 33.3 Å². The number of esters is 1. The maximum Gasteiger partial charge on any atom is 0.472 e. The first kappa shape index (κ1) is 80.5. The lowest BCUT2D eigenvalue weighted by molar-refractivity contribution is -0.870. The lowest BCUT2D eigenvalue weighted by Crippen LogP contribution is -2.47. The third-order valence-electron chi connectivity index (χ3n) is 15.6. The van der Waals surface area contributed by atoms with E-state index in [4.69, 9.17) is 13.8 Å². The third-order valence-corrected chi connectivity index (χ3v) is 16.6. The molecular weight excluding hydrogens is 1050 g/mol. The van der Waals surface area contributed by atoms with E-state index in [9.17, 15) is 19.0 Å². The SMILES string of the molecule is CCCCC/C=C\C/C=C\C/C=C\CCCCCCCCCCCCCCCCC(=O)OC(/C=C\CCCCCCCCCCC)C(COP(=O)(O)OCC[N+](C)(C)C)NC(=O)CCCCCCCCCCC/C=C\C/C=C\CCCCC. The summed E-state index contributed by atoms with van der Waals surface area (Å²) in [6.07, 6.45) is 82.0. The number of amides is 1. The highest BCUT2D eigenvalue weighted by atomic mass is 31.2. The number of phosphoric acid groups is 1. The molecule has 0 bridgehead atoms. The molecule has 10 heteroatoms. The van der Waals surface area contributed by atoms with E-state index in [1.54, 1.807) is 0 Å². The summed E-state index contributed by atoms with van der Waals surface area (Å²) in [6, 6.07) is -0.853. The number of rotatable bonds is 64. The zero-order valence-corrected chi connectivity index (χ0v) is 56.3. The Morgan fingerprint density at radius 1 is 0.422 bits per heavy atom. The van der Waals surface area contributed by atoms with Gasteiger partial charge in [-0.15, -0.1) is 0 Å². The van der Waals surface area contributed by atoms with Crippen molar-refractivity contribution in [3.63, 3.8) is 0 Å². The summed E-state index contributed by atoms with van der Waals surface area (Å²) in [5.41, 5.74) is 0. The lowest BCUT2D eigenvalue weighted by Gasteiger charge is -2.27. The molecule has 3 unspecified atom stereocenters. The molecule has 0 aliphatic rings. The Kier molecular flexibility index (Phi) is 60.6. The van der Waals surface area contributed by atoms with Crippen LogP contribution < -0.4 is 5.32 Å². The first-order valence-corrected chi connectivity index (χ1v) is 36.8. The number of nitrogens with zero attached hydrogens (tertiary/aromatic N) is 1. The summed E-state index contributed by atoms with van der Waals surface area (Å²) in [4.78, 5) is 37.9. The average molecular weight is 1180 g/mol. The fraction of sp³-hybridized carbons (Fsp3) is 0.808. The van der Waals surface area contributed by atoms with Crippen molar-refractivity contribution in [3.05, 3.63) is 72.9 Å². The molecule has 9 nitrogen and oxygen atoms in total. The van der Waals surface area contributed by atoms with Crippen molar-refractivity contribution >= 4 is 19.7 Å². The van der Waals surface area contributed by atoms with Gasteiger partial charge >= 0.3 is 13.8 Å². The summed E-state index contributed by atoms with van der Waals surface area (Å²) >= 11 is 0. The zero-order chi connectivity index (χ0) is 60.7. The van der Waals surface area contributed by atoms with Crippen molar-refractivity contribution in [1.82, 2.24) is 5.32 Å². The Morgan fingerprint density at radius 2 is 0.735 bits per heavy atom. The number of hydrogen-bond donors (Lipinski definition) is 2. The molecule has 0 saturated heterocycles. The molecule has 484 valence electrons. The van der Waals surface area contributed by atoms with Gasteiger partial charge in [0.05, 0.1) is 33.8 Å². The highest BCUT2D eigenvalue weighted by Crippen LogP contribution is 2.43. The molecule has 0 aliphatic carbocycles. The van der Waals surface area contributed by atoms with Gasteiger partial charge in [0, 0.05) is 12.8 Å². The number of carbonyl (C=O) groups is 2. The minimum atomic E-state index is -4.45. The van der Waals surface area contributed by atoms with E-state index < -0.39 is 20.0 Å². The number of ether oxygens (including phenoxy) is 1. The highest BCUT2D eigenvalue weighted by Gasteiger charge is 2.30. The van der Waals surface area contributed by atoms with Gasteiger partial charge < -0.3 is 19.4 Å². The Bertz CT molecular complexity index is 1650. The molecule has 0 aromatic rings. The third kappa shape index (κ3) is 63.8. The van der Waals surface area contributed by atoms with Crippen molar-refractivity contribution in [1.29, 1.82) is 0 Å². The van der Waals surface area contributed by atoms with Crippen LogP contribution in [0.1, 0.15) is 329 Å². The summed E-state index contributed by atoms with van der Waals surface area (Å²) in [7, 11) is 1.50. The van der Waals surface area contributed by atoms with Crippen molar-refractivity contribution in [2.24, 2.45) is 0 Å². The minimum absolute atomic E-state index is 0.0383. The number of allylic oxidation sites excluding steroid dienone is 11. The van der Waals surface area contributed by atoms with E-state index in [0.717, 1.165) is 77.0 Å². The molecule has 0 rings (SSSR count). The van der Waals surface area contributed by atoms with Crippen molar-refractivity contribution in [2.75, 3.05) is 40.9 Å². The topological polar surface area (TPSA) is 111 Å². The van der Waals surface area contributed by atoms with E-state index in [-0.39, 0.29) is 31.5 Å². The molecule has 0 aromatic carbocycles. The Labute approximate surface area is 514 Å². The molecule has 0 aromatic heterocycles. The van der Waals surface area contributed by atoms with Gasteiger partial charge in [0.1, 0.15) is 19.3 Å². The van der Waals surface area contributed by atoms with Crippen LogP contribution in [0.4, 0.5) is 0 Å². The van der Waals surface area contributed by atoms with Crippen LogP contribution in [0.25, 0.3) is 0 Å². The van der Waals surface area contributed by atoms with Crippen LogP contribution in [0, 0.1) is 0 Å². The maximum atomic E-state index is 13.6. The van der Waals surface area contributed by atoms with Gasteiger partial charge in [-0.3, -0.25) is 18.6 Å². The van der Waals surface area contributed by atoms with Crippen LogP contribution in [-0.2, 0) is 27.9 Å². The first-order chi connectivity index (χ1) is 40.4. The minimum Gasteiger partial charge on any atom is -0.456 e. The van der Waals surface area contributed by atoms with Crippen molar-refractivity contribution in [2.45, 2.75) is 341 Å². The molecular formula is C73H136N2O7P+. The van der Waals surface area contributed by atoms with Gasteiger partial charge in [-0.05, 0) is 102 Å². The van der Waals surface area contributed by atoms with E-state index in [0.29, 0.717) is 17.4 Å². The lowest BCUT2D eigenvalue weighted by atomic mass is 10.0. The van der Waals surface area contributed by atoms with Crippen LogP contribution in [0.3, 0.4) is 0 Å². The fourth-order valence-electron chi connectivity index (χ4n) is 10.2. The number of hydrogen-bond acceptors (Lipinski definition) is 6. The summed E-state index contributed by atoms with van der Waals surface area (Å²) in [5, 5.41) is 3.07. The van der Waals surface area contributed by atoms with Crippen LogP contribution in [0.15, 0.2) is 72.9 Å². The Hall–Kier alpha value is -2.55. The fourth-order valence-corrected chi connectivity index (χ4v) is 10.9. The monoisotopic (exact) mass is 1180 g/mol. The second-order valence-electron chi connectivity index (χ2n) is 25.0. The average Bonchev–Trinajstić information content (AvgIpc) is 3.51. The van der Waals surface area contributed by atoms with E-state index >= 15 is 0 Å². The van der Waals surface area contributed by atoms with Crippen molar-refractivity contribution < 1.29 is 37.3 Å². The van der Waals surface area contributed by atoms with Gasteiger partial charge in [-0.2, -0.15) is 0 Å². The van der Waals surface area contributed by atoms with E-state index in [1.165, 1.54) is 218 Å². The van der Waals surface area contributed by atoms with Crippen LogP contribution in [-0.4, -0.2) is 74.3 Å². The molecule has 0 spiro atoms. The zero-order valence-electron chi connectivity index (χ0n) is 55.4. The van der Waals surface area contributed by atoms with Gasteiger partial charge in [0.25, 0.3) is 0 Å². The molecule has 2 N–H and O–H groups in total. The summed E-state index contributed by atoms with van der Waals surface area (Å²) < 4.78 is 30.8. The number of unbranched alkanes of at least 4 members (excludes halogenated alkanes) is 38. The van der Waals surface area contributed by atoms with Crippen molar-refractivity contribution in [3.8, 4) is 0 Å². The second kappa shape index (κ2) is 62.5. The predicted octanol–water partition coefficient (Wildman–Crippen LogP) is 22.3.